The number of aryl methyl sites for hydroxylation is 2. The van der Waals surface area contributed by atoms with Gasteiger partial charge in [0.05, 0.1) is 23.2 Å². The Kier molecular flexibility index (Phi) is 6.39. The molecule has 2 amide bonds. The van der Waals surface area contributed by atoms with Gasteiger partial charge in [0.25, 0.3) is 0 Å². The summed E-state index contributed by atoms with van der Waals surface area (Å²) in [6.45, 7) is 4.01. The summed E-state index contributed by atoms with van der Waals surface area (Å²) in [5.74, 6) is 0.548. The summed E-state index contributed by atoms with van der Waals surface area (Å²) < 4.78 is 0. The van der Waals surface area contributed by atoms with Gasteiger partial charge in [-0.15, -0.1) is 0 Å². The molecular weight excluding hydrogens is 438 g/mol. The molecule has 1 heterocycles. The largest absolute Gasteiger partial charge is 0.351 e. The number of allylic oxidation sites excluding steroid dienone is 1. The van der Waals surface area contributed by atoms with Crippen LogP contribution >= 0.6 is 0 Å². The molecule has 4 N–H and O–H groups in total. The third kappa shape index (κ3) is 4.92. The molecule has 0 aliphatic carbocycles. The number of carbonyl (C=O) groups is 1. The van der Waals surface area contributed by atoms with Gasteiger partial charge in [0.15, 0.2) is 0 Å². The maximum absolute atomic E-state index is 11.7. The molecule has 0 spiro atoms. The van der Waals surface area contributed by atoms with Crippen molar-refractivity contribution < 1.29 is 4.79 Å². The normalized spacial score (nSPS) is 10.6. The van der Waals surface area contributed by atoms with Gasteiger partial charge in [-0.3, -0.25) is 5.32 Å². The van der Waals surface area contributed by atoms with E-state index in [0.29, 0.717) is 22.2 Å². The van der Waals surface area contributed by atoms with E-state index >= 15 is 0 Å². The molecule has 8 nitrogen and oxygen atoms in total. The van der Waals surface area contributed by atoms with Gasteiger partial charge in [-0.1, -0.05) is 24.3 Å². The third-order valence-electron chi connectivity index (χ3n) is 5.41. The highest BCUT2D eigenvalue weighted by atomic mass is 16.2. The molecule has 170 valence electrons. The summed E-state index contributed by atoms with van der Waals surface area (Å²) in [5.41, 5.74) is 12.1. The number of para-hydroxylation sites is 1. The maximum atomic E-state index is 11.7. The zero-order valence-corrected chi connectivity index (χ0v) is 19.1. The van der Waals surface area contributed by atoms with Crippen LogP contribution in [0.3, 0.4) is 0 Å². The fourth-order valence-corrected chi connectivity index (χ4v) is 4.03. The van der Waals surface area contributed by atoms with Crippen molar-refractivity contribution in [1.82, 2.24) is 9.97 Å². The van der Waals surface area contributed by atoms with Crippen molar-refractivity contribution in [2.45, 2.75) is 13.8 Å². The molecule has 0 saturated carbocycles. The smallest absolute Gasteiger partial charge is 0.317 e. The number of nitriles is 2. The van der Waals surface area contributed by atoms with Crippen molar-refractivity contribution in [3.63, 3.8) is 0 Å². The minimum atomic E-state index is -0.735. The van der Waals surface area contributed by atoms with E-state index in [-0.39, 0.29) is 11.8 Å². The second kappa shape index (κ2) is 9.74. The Labute approximate surface area is 202 Å². The molecule has 1 aromatic heterocycles. The lowest BCUT2D eigenvalue weighted by molar-refractivity contribution is 0.259. The number of benzene rings is 3. The summed E-state index contributed by atoms with van der Waals surface area (Å²) >= 11 is 0. The molecule has 0 fully saturated rings. The van der Waals surface area contributed by atoms with Crippen LogP contribution in [0.2, 0.25) is 0 Å². The lowest BCUT2D eigenvalue weighted by Crippen LogP contribution is -2.20. The van der Waals surface area contributed by atoms with Gasteiger partial charge < -0.3 is 11.1 Å². The molecule has 4 rings (SSSR count). The van der Waals surface area contributed by atoms with Crippen LogP contribution in [0, 0.1) is 36.5 Å². The molecule has 8 heteroatoms. The number of nitrogens with zero attached hydrogens (tertiary/aromatic N) is 4. The van der Waals surface area contributed by atoms with Crippen LogP contribution in [0.4, 0.5) is 22.2 Å². The Hall–Kier alpha value is -5.21. The van der Waals surface area contributed by atoms with Crippen molar-refractivity contribution >= 4 is 40.5 Å². The molecule has 0 radical (unpaired) electrons. The van der Waals surface area contributed by atoms with Gasteiger partial charge in [0.1, 0.15) is 5.82 Å². The molecular formula is C27H21N7O. The fourth-order valence-electron chi connectivity index (χ4n) is 4.03. The number of urea groups is 1. The zero-order valence-electron chi connectivity index (χ0n) is 19.1. The SMILES string of the molecule is Cc1cc(C=CC#N)cc(C)c1-c1cccc2c(NC(N)=O)nc(Nc3ccc(C#N)cc3)nc12. The van der Waals surface area contributed by atoms with Gasteiger partial charge in [-0.25, -0.2) is 9.78 Å². The van der Waals surface area contributed by atoms with E-state index in [9.17, 15) is 4.79 Å². The summed E-state index contributed by atoms with van der Waals surface area (Å²) in [6, 6.07) is 19.9. The third-order valence-corrected chi connectivity index (χ3v) is 5.41. The number of nitrogens with one attached hydrogen (secondary N) is 2. The quantitative estimate of drug-likeness (QED) is 0.334. The van der Waals surface area contributed by atoms with E-state index in [1.165, 1.54) is 6.08 Å². The highest BCUT2D eigenvalue weighted by Crippen LogP contribution is 2.36. The predicted octanol–water partition coefficient (Wildman–Crippen LogP) is 5.56. The van der Waals surface area contributed by atoms with E-state index in [1.807, 2.05) is 50.2 Å². The van der Waals surface area contributed by atoms with E-state index in [1.54, 1.807) is 30.3 Å². The Balaban J connectivity index is 1.90. The van der Waals surface area contributed by atoms with Crippen molar-refractivity contribution in [3.05, 3.63) is 82.9 Å². The first-order valence-corrected chi connectivity index (χ1v) is 10.7. The summed E-state index contributed by atoms with van der Waals surface area (Å²) in [7, 11) is 0. The van der Waals surface area contributed by atoms with Gasteiger partial charge >= 0.3 is 6.03 Å². The number of primary amides is 1. The monoisotopic (exact) mass is 459 g/mol. The second-order valence-electron chi connectivity index (χ2n) is 7.89. The summed E-state index contributed by atoms with van der Waals surface area (Å²) in [4.78, 5) is 21.0. The van der Waals surface area contributed by atoms with Crippen LogP contribution in [0.5, 0.6) is 0 Å². The maximum Gasteiger partial charge on any atom is 0.317 e. The van der Waals surface area contributed by atoms with E-state index in [4.69, 9.17) is 21.2 Å². The summed E-state index contributed by atoms with van der Waals surface area (Å²) in [6.07, 6.45) is 3.21. The molecule has 0 unspecified atom stereocenters. The van der Waals surface area contributed by atoms with E-state index in [0.717, 1.165) is 27.8 Å². The second-order valence-corrected chi connectivity index (χ2v) is 7.89. The summed E-state index contributed by atoms with van der Waals surface area (Å²) in [5, 5.41) is 24.3. The average Bonchev–Trinajstić information content (AvgIpc) is 2.83. The van der Waals surface area contributed by atoms with Crippen molar-refractivity contribution in [2.24, 2.45) is 5.73 Å². The fraction of sp³-hybridized carbons (Fsp3) is 0.0741. The Morgan fingerprint density at radius 3 is 2.37 bits per heavy atom. The van der Waals surface area contributed by atoms with Crippen molar-refractivity contribution in [1.29, 1.82) is 10.5 Å². The van der Waals surface area contributed by atoms with Gasteiger partial charge in [0.2, 0.25) is 5.95 Å². The molecule has 4 aromatic rings. The number of fused-ring (bicyclic) bond motifs is 1. The van der Waals surface area contributed by atoms with Crippen LogP contribution < -0.4 is 16.4 Å². The van der Waals surface area contributed by atoms with E-state index in [2.05, 4.69) is 21.7 Å². The number of anilines is 3. The van der Waals surface area contributed by atoms with Crippen LogP contribution in [0.1, 0.15) is 22.3 Å². The topological polar surface area (TPSA) is 141 Å². The van der Waals surface area contributed by atoms with E-state index < -0.39 is 6.03 Å². The molecule has 0 aliphatic heterocycles. The minimum Gasteiger partial charge on any atom is -0.351 e. The Morgan fingerprint density at radius 1 is 1.03 bits per heavy atom. The number of rotatable bonds is 5. The standard InChI is InChI=1S/C27H21N7O/c1-16-13-19(5-4-12-28)14-17(2)23(16)21-6-3-7-22-24(21)32-27(34-25(22)33-26(30)35)31-20-10-8-18(15-29)9-11-20/h3-11,13-14H,1-2H3,(H4,30,31,32,33,34,35). The average molecular weight is 460 g/mol. The van der Waals surface area contributed by atoms with Crippen LogP contribution in [0.25, 0.3) is 28.1 Å². The lowest BCUT2D eigenvalue weighted by Gasteiger charge is -2.16. The number of carbonyl (C=O) groups excluding carboxylic acids is 1. The molecule has 0 aliphatic rings. The highest BCUT2D eigenvalue weighted by Gasteiger charge is 2.16. The number of aromatic nitrogens is 2. The van der Waals surface area contributed by atoms with Gasteiger partial charge in [-0.2, -0.15) is 15.5 Å². The van der Waals surface area contributed by atoms with Crippen LogP contribution in [0.15, 0.2) is 60.7 Å². The van der Waals surface area contributed by atoms with Crippen LogP contribution in [-0.2, 0) is 0 Å². The zero-order chi connectivity index (χ0) is 24.9. The van der Waals surface area contributed by atoms with Gasteiger partial charge in [-0.05, 0) is 72.5 Å². The number of hydrogen-bond donors (Lipinski definition) is 3. The number of amides is 2. The van der Waals surface area contributed by atoms with Crippen molar-refractivity contribution in [2.75, 3.05) is 10.6 Å². The Morgan fingerprint density at radius 2 is 1.74 bits per heavy atom. The number of nitrogens with two attached hydrogens (primary N) is 1. The number of hydrogen-bond acceptors (Lipinski definition) is 6. The Bertz CT molecular complexity index is 1530. The molecule has 0 saturated heterocycles. The molecule has 0 bridgehead atoms. The first kappa shape index (κ1) is 23.0. The molecule has 3 aromatic carbocycles. The first-order chi connectivity index (χ1) is 16.9. The minimum absolute atomic E-state index is 0.266. The first-order valence-electron chi connectivity index (χ1n) is 10.7. The highest BCUT2D eigenvalue weighted by molar-refractivity contribution is 6.04. The van der Waals surface area contributed by atoms with Crippen molar-refractivity contribution in [3.8, 4) is 23.3 Å². The van der Waals surface area contributed by atoms with Crippen LogP contribution in [-0.4, -0.2) is 16.0 Å². The lowest BCUT2D eigenvalue weighted by atomic mass is 9.92. The molecule has 35 heavy (non-hydrogen) atoms. The van der Waals surface area contributed by atoms with Gasteiger partial charge in [0, 0.05) is 22.7 Å². The predicted molar refractivity (Wildman–Crippen MR) is 137 cm³/mol. The molecule has 0 atom stereocenters.